The van der Waals surface area contributed by atoms with Gasteiger partial charge < -0.3 is 15.0 Å². The van der Waals surface area contributed by atoms with Crippen molar-refractivity contribution < 1.29 is 9.67 Å². The summed E-state index contributed by atoms with van der Waals surface area (Å²) < 4.78 is 14.3. The topological polar surface area (TPSA) is 49.3 Å². The van der Waals surface area contributed by atoms with Crippen molar-refractivity contribution in [2.24, 2.45) is 0 Å². The number of nitrogens with one attached hydrogen (secondary N) is 1. The van der Waals surface area contributed by atoms with E-state index in [-0.39, 0.29) is 12.1 Å². The van der Waals surface area contributed by atoms with Crippen LogP contribution in [0.25, 0.3) is 0 Å². The van der Waals surface area contributed by atoms with Crippen LogP contribution >= 0.6 is 7.14 Å². The molecule has 0 aliphatic carbocycles. The minimum absolute atomic E-state index is 0.180. The third kappa shape index (κ3) is 3.84. The second kappa shape index (κ2) is 8.45. The second-order valence-electron chi connectivity index (χ2n) is 7.42. The molecule has 0 amide bonds. The van der Waals surface area contributed by atoms with Gasteiger partial charge in [-0.25, -0.2) is 0 Å². The summed E-state index contributed by atoms with van der Waals surface area (Å²) >= 11 is 0. The van der Waals surface area contributed by atoms with Crippen LogP contribution in [0.4, 0.5) is 0 Å². The molecule has 144 valence electrons. The fraction of sp³-hybridized carbons (Fsp3) is 0.250. The van der Waals surface area contributed by atoms with Crippen molar-refractivity contribution in [1.29, 1.82) is 0 Å². The molecule has 1 aliphatic heterocycles. The zero-order chi connectivity index (χ0) is 19.4. The van der Waals surface area contributed by atoms with Gasteiger partial charge in [0, 0.05) is 22.0 Å². The van der Waals surface area contributed by atoms with Crippen LogP contribution in [0.1, 0.15) is 18.4 Å². The molecule has 1 heterocycles. The maximum Gasteiger partial charge on any atom is 0.171 e. The van der Waals surface area contributed by atoms with Crippen LogP contribution in [0.5, 0.6) is 0 Å². The maximum absolute atomic E-state index is 14.3. The van der Waals surface area contributed by atoms with Crippen LogP contribution < -0.4 is 21.2 Å². The summed E-state index contributed by atoms with van der Waals surface area (Å²) in [6.45, 7) is 0.984. The SMILES string of the molecule is O=P(c1ccccc1)(c1ccccc1)c1ccc(C[C@@H](O)[C@@H]2CCCN2)cc1. The minimum Gasteiger partial charge on any atom is -0.391 e. The van der Waals surface area contributed by atoms with E-state index in [4.69, 9.17) is 0 Å². The summed E-state index contributed by atoms with van der Waals surface area (Å²) in [5.74, 6) is 0. The average molecular weight is 391 g/mol. The molecule has 3 aromatic carbocycles. The van der Waals surface area contributed by atoms with E-state index in [1.807, 2.05) is 84.9 Å². The minimum atomic E-state index is -2.93. The van der Waals surface area contributed by atoms with Crippen molar-refractivity contribution in [2.45, 2.75) is 31.4 Å². The Hall–Kier alpha value is -2.19. The molecule has 3 aromatic rings. The summed E-state index contributed by atoms with van der Waals surface area (Å²) in [4.78, 5) is 0. The van der Waals surface area contributed by atoms with Crippen molar-refractivity contribution in [3.63, 3.8) is 0 Å². The molecule has 0 radical (unpaired) electrons. The van der Waals surface area contributed by atoms with Gasteiger partial charge in [0.25, 0.3) is 0 Å². The first-order valence-corrected chi connectivity index (χ1v) is 11.6. The Morgan fingerprint density at radius 3 is 1.89 bits per heavy atom. The van der Waals surface area contributed by atoms with Crippen LogP contribution in [0, 0.1) is 0 Å². The Balaban J connectivity index is 1.65. The quantitative estimate of drug-likeness (QED) is 0.635. The zero-order valence-corrected chi connectivity index (χ0v) is 16.8. The van der Waals surface area contributed by atoms with E-state index in [1.165, 1.54) is 0 Å². The predicted molar refractivity (Wildman–Crippen MR) is 117 cm³/mol. The highest BCUT2D eigenvalue weighted by atomic mass is 31.2. The Kier molecular flexibility index (Phi) is 5.77. The lowest BCUT2D eigenvalue weighted by Crippen LogP contribution is -2.36. The molecule has 28 heavy (non-hydrogen) atoms. The summed E-state index contributed by atoms with van der Waals surface area (Å²) in [7, 11) is -2.93. The van der Waals surface area contributed by atoms with Crippen molar-refractivity contribution in [2.75, 3.05) is 6.54 Å². The predicted octanol–water partition coefficient (Wildman–Crippen LogP) is 2.98. The molecule has 2 N–H and O–H groups in total. The molecule has 1 saturated heterocycles. The fourth-order valence-electron chi connectivity index (χ4n) is 3.99. The number of aliphatic hydroxyl groups is 1. The van der Waals surface area contributed by atoms with Gasteiger partial charge in [0.05, 0.1) is 6.10 Å². The van der Waals surface area contributed by atoms with Gasteiger partial charge in [-0.1, -0.05) is 84.9 Å². The Morgan fingerprint density at radius 1 is 0.857 bits per heavy atom. The van der Waals surface area contributed by atoms with Gasteiger partial charge >= 0.3 is 0 Å². The highest BCUT2D eigenvalue weighted by molar-refractivity contribution is 7.85. The number of hydrogen-bond donors (Lipinski definition) is 2. The lowest BCUT2D eigenvalue weighted by atomic mass is 10.0. The molecular weight excluding hydrogens is 365 g/mol. The first kappa shape index (κ1) is 19.1. The van der Waals surface area contributed by atoms with Crippen LogP contribution in [-0.4, -0.2) is 23.8 Å². The van der Waals surface area contributed by atoms with Crippen LogP contribution in [-0.2, 0) is 11.0 Å². The summed E-state index contributed by atoms with van der Waals surface area (Å²) in [6, 6.07) is 27.5. The van der Waals surface area contributed by atoms with Gasteiger partial charge in [-0.3, -0.25) is 0 Å². The molecule has 0 saturated carbocycles. The van der Waals surface area contributed by atoms with E-state index in [2.05, 4.69) is 5.32 Å². The van der Waals surface area contributed by atoms with Crippen molar-refractivity contribution in [3.8, 4) is 0 Å². The van der Waals surface area contributed by atoms with E-state index in [9.17, 15) is 9.67 Å². The van der Waals surface area contributed by atoms with Crippen molar-refractivity contribution in [1.82, 2.24) is 5.32 Å². The van der Waals surface area contributed by atoms with E-state index < -0.39 is 7.14 Å². The van der Waals surface area contributed by atoms with Gasteiger partial charge in [-0.2, -0.15) is 0 Å². The molecule has 0 aromatic heterocycles. The van der Waals surface area contributed by atoms with Gasteiger partial charge in [-0.15, -0.1) is 0 Å². The highest BCUT2D eigenvalue weighted by Crippen LogP contribution is 2.42. The largest absolute Gasteiger partial charge is 0.391 e. The van der Waals surface area contributed by atoms with E-state index in [0.29, 0.717) is 6.42 Å². The molecule has 0 spiro atoms. The third-order valence-electron chi connectivity index (χ3n) is 5.55. The average Bonchev–Trinajstić information content (AvgIpc) is 3.30. The molecule has 4 rings (SSSR count). The molecular formula is C24H26NO2P. The van der Waals surface area contributed by atoms with Crippen molar-refractivity contribution >= 4 is 23.1 Å². The number of benzene rings is 3. The van der Waals surface area contributed by atoms with E-state index in [0.717, 1.165) is 40.9 Å². The molecule has 0 unspecified atom stereocenters. The monoisotopic (exact) mass is 391 g/mol. The number of hydrogen-bond acceptors (Lipinski definition) is 3. The fourth-order valence-corrected chi connectivity index (χ4v) is 6.64. The van der Waals surface area contributed by atoms with Crippen LogP contribution in [0.3, 0.4) is 0 Å². The molecule has 1 fully saturated rings. The Morgan fingerprint density at radius 2 is 1.39 bits per heavy atom. The van der Waals surface area contributed by atoms with Gasteiger partial charge in [0.15, 0.2) is 7.14 Å². The summed E-state index contributed by atoms with van der Waals surface area (Å²) in [6.07, 6.45) is 2.37. The summed E-state index contributed by atoms with van der Waals surface area (Å²) in [5, 5.41) is 16.3. The van der Waals surface area contributed by atoms with Gasteiger partial charge in [0.2, 0.25) is 0 Å². The first-order valence-electron chi connectivity index (χ1n) is 9.90. The van der Waals surface area contributed by atoms with Crippen molar-refractivity contribution in [3.05, 3.63) is 90.5 Å². The van der Waals surface area contributed by atoms with E-state index in [1.54, 1.807) is 0 Å². The van der Waals surface area contributed by atoms with E-state index >= 15 is 0 Å². The molecule has 1 aliphatic rings. The maximum atomic E-state index is 14.3. The van der Waals surface area contributed by atoms with Crippen LogP contribution in [0.2, 0.25) is 0 Å². The third-order valence-corrected chi connectivity index (χ3v) is 8.62. The smallest absolute Gasteiger partial charge is 0.171 e. The van der Waals surface area contributed by atoms with Gasteiger partial charge in [-0.05, 0) is 31.4 Å². The van der Waals surface area contributed by atoms with Crippen LogP contribution in [0.15, 0.2) is 84.9 Å². The zero-order valence-electron chi connectivity index (χ0n) is 15.9. The first-order chi connectivity index (χ1) is 13.7. The second-order valence-corrected chi connectivity index (χ2v) is 10.2. The Labute approximate surface area is 166 Å². The number of aliphatic hydroxyl groups excluding tert-OH is 1. The molecule has 0 bridgehead atoms. The molecule has 3 nitrogen and oxygen atoms in total. The van der Waals surface area contributed by atoms with Gasteiger partial charge in [0.1, 0.15) is 0 Å². The lowest BCUT2D eigenvalue weighted by molar-refractivity contribution is 0.136. The Bertz CT molecular complexity index is 892. The highest BCUT2D eigenvalue weighted by Gasteiger charge is 2.29. The standard InChI is InChI=1S/C24H26NO2P/c26-24(23-12-7-17-25-23)18-19-13-15-22(16-14-19)28(27,20-8-3-1-4-9-20)21-10-5-2-6-11-21/h1-6,8-11,13-16,23-26H,7,12,17-18H2/t23-,24+/m0/s1. The molecule has 4 heteroatoms. The number of rotatable bonds is 6. The normalized spacial score (nSPS) is 18.1. The molecule has 2 atom stereocenters. The summed E-state index contributed by atoms with van der Waals surface area (Å²) in [5.41, 5.74) is 1.07. The lowest BCUT2D eigenvalue weighted by Gasteiger charge is -2.21.